The Labute approximate surface area is 94.3 Å². The summed E-state index contributed by atoms with van der Waals surface area (Å²) in [5.41, 5.74) is 1.03. The smallest absolute Gasteiger partial charge is 0.148 e. The van der Waals surface area contributed by atoms with Gasteiger partial charge in [0.15, 0.2) is 0 Å². The predicted octanol–water partition coefficient (Wildman–Crippen LogP) is 3.12. The lowest BCUT2D eigenvalue weighted by atomic mass is 9.84. The van der Waals surface area contributed by atoms with Crippen LogP contribution in [-0.4, -0.2) is 12.4 Å². The quantitative estimate of drug-likeness (QED) is 0.737. The van der Waals surface area contributed by atoms with Crippen molar-refractivity contribution in [2.24, 2.45) is 0 Å². The third-order valence-corrected chi connectivity index (χ3v) is 3.90. The first-order chi connectivity index (χ1) is 7.30. The molecule has 2 atom stereocenters. The minimum absolute atomic E-state index is 0.205. The van der Waals surface area contributed by atoms with Gasteiger partial charge in [-0.1, -0.05) is 6.92 Å². The van der Waals surface area contributed by atoms with Gasteiger partial charge >= 0.3 is 0 Å². The minimum atomic E-state index is -0.210. The molecule has 0 aliphatic carbocycles. The number of carbonyl (C=O) groups excluding carboxylic acids is 1. The van der Waals surface area contributed by atoms with Crippen molar-refractivity contribution >= 4 is 17.6 Å². The highest BCUT2D eigenvalue weighted by Crippen LogP contribution is 2.40. The van der Waals surface area contributed by atoms with E-state index in [2.05, 4.69) is 23.8 Å². The maximum absolute atomic E-state index is 10.8. The Bertz CT molecular complexity index is 320. The summed E-state index contributed by atoms with van der Waals surface area (Å²) < 4.78 is 5.96. The molecule has 2 rings (SSSR count). The molecule has 82 valence electrons. The Morgan fingerprint density at radius 1 is 1.73 bits per heavy atom. The highest BCUT2D eigenvalue weighted by molar-refractivity contribution is 7.08. The van der Waals surface area contributed by atoms with Crippen LogP contribution in [0.4, 0.5) is 0 Å². The van der Waals surface area contributed by atoms with Crippen LogP contribution in [0, 0.1) is 0 Å². The minimum Gasteiger partial charge on any atom is -0.360 e. The van der Waals surface area contributed by atoms with Crippen molar-refractivity contribution in [1.29, 1.82) is 0 Å². The van der Waals surface area contributed by atoms with Gasteiger partial charge in [0.2, 0.25) is 0 Å². The molecule has 15 heavy (non-hydrogen) atoms. The van der Waals surface area contributed by atoms with Crippen molar-refractivity contribution < 1.29 is 9.53 Å². The maximum atomic E-state index is 10.8. The van der Waals surface area contributed by atoms with Gasteiger partial charge in [-0.2, -0.15) is 11.3 Å². The number of ether oxygens (including phenoxy) is 1. The highest BCUT2D eigenvalue weighted by Gasteiger charge is 2.37. The van der Waals surface area contributed by atoms with E-state index >= 15 is 0 Å². The highest BCUT2D eigenvalue weighted by atomic mass is 32.1. The molecular weight excluding hydrogens is 208 g/mol. The third-order valence-electron chi connectivity index (χ3n) is 3.22. The van der Waals surface area contributed by atoms with E-state index in [1.807, 2.05) is 0 Å². The molecule has 0 radical (unpaired) electrons. The van der Waals surface area contributed by atoms with E-state index in [1.165, 1.54) is 5.56 Å². The Hall–Kier alpha value is -0.670. The topological polar surface area (TPSA) is 26.3 Å². The molecule has 0 saturated carbocycles. The van der Waals surface area contributed by atoms with E-state index in [0.717, 1.165) is 32.0 Å². The average molecular weight is 224 g/mol. The SMILES string of the molecule is CCC1(c2ccsc2)CCCC(C=O)O1. The molecule has 2 heterocycles. The molecule has 0 amide bonds. The van der Waals surface area contributed by atoms with Crippen LogP contribution in [0.5, 0.6) is 0 Å². The normalized spacial score (nSPS) is 31.4. The summed E-state index contributed by atoms with van der Waals surface area (Å²) in [7, 11) is 0. The summed E-state index contributed by atoms with van der Waals surface area (Å²) in [6.45, 7) is 2.13. The zero-order valence-electron chi connectivity index (χ0n) is 8.94. The predicted molar refractivity (Wildman–Crippen MR) is 61.1 cm³/mol. The zero-order valence-corrected chi connectivity index (χ0v) is 9.76. The fourth-order valence-corrected chi connectivity index (χ4v) is 3.04. The standard InChI is InChI=1S/C12H16O2S/c1-2-12(10-5-7-15-9-10)6-3-4-11(8-13)14-12/h5,7-9,11H,2-4,6H2,1H3. The molecular formula is C12H16O2S. The van der Waals surface area contributed by atoms with E-state index in [4.69, 9.17) is 4.74 Å². The van der Waals surface area contributed by atoms with Gasteiger partial charge in [-0.25, -0.2) is 0 Å². The lowest BCUT2D eigenvalue weighted by molar-refractivity contribution is -0.151. The summed E-state index contributed by atoms with van der Waals surface area (Å²) in [5.74, 6) is 0. The molecule has 1 aromatic heterocycles. The van der Waals surface area contributed by atoms with Crippen LogP contribution in [-0.2, 0) is 15.1 Å². The monoisotopic (exact) mass is 224 g/mol. The number of hydrogen-bond donors (Lipinski definition) is 0. The molecule has 2 nitrogen and oxygen atoms in total. The van der Waals surface area contributed by atoms with Gasteiger partial charge in [0, 0.05) is 0 Å². The number of aldehydes is 1. The van der Waals surface area contributed by atoms with Crippen LogP contribution in [0.3, 0.4) is 0 Å². The molecule has 1 aliphatic heterocycles. The van der Waals surface area contributed by atoms with Crippen LogP contribution in [0.1, 0.15) is 38.2 Å². The number of carbonyl (C=O) groups is 1. The number of hydrogen-bond acceptors (Lipinski definition) is 3. The maximum Gasteiger partial charge on any atom is 0.148 e. The van der Waals surface area contributed by atoms with Crippen molar-refractivity contribution in [3.8, 4) is 0 Å². The van der Waals surface area contributed by atoms with Crippen LogP contribution < -0.4 is 0 Å². The van der Waals surface area contributed by atoms with Crippen molar-refractivity contribution in [1.82, 2.24) is 0 Å². The third kappa shape index (κ3) is 1.99. The summed E-state index contributed by atoms with van der Waals surface area (Å²) >= 11 is 1.69. The van der Waals surface area contributed by atoms with Crippen LogP contribution in [0.2, 0.25) is 0 Å². The zero-order chi connectivity index (χ0) is 10.7. The molecule has 1 aromatic rings. The Kier molecular flexibility index (Phi) is 3.22. The second kappa shape index (κ2) is 4.45. The Balaban J connectivity index is 2.24. The van der Waals surface area contributed by atoms with Crippen molar-refractivity contribution in [2.45, 2.75) is 44.3 Å². The first-order valence-electron chi connectivity index (χ1n) is 5.46. The Morgan fingerprint density at radius 2 is 2.60 bits per heavy atom. The van der Waals surface area contributed by atoms with E-state index in [1.54, 1.807) is 11.3 Å². The van der Waals surface area contributed by atoms with Gasteiger partial charge < -0.3 is 9.53 Å². The van der Waals surface area contributed by atoms with E-state index in [9.17, 15) is 4.79 Å². The van der Waals surface area contributed by atoms with Gasteiger partial charge in [0.25, 0.3) is 0 Å². The molecule has 0 spiro atoms. The lowest BCUT2D eigenvalue weighted by Crippen LogP contribution is -2.38. The molecule has 0 N–H and O–H groups in total. The number of thiophene rings is 1. The molecule has 0 aromatic carbocycles. The molecule has 2 unspecified atom stereocenters. The van der Waals surface area contributed by atoms with Gasteiger partial charge in [-0.05, 0) is 48.1 Å². The van der Waals surface area contributed by atoms with Crippen molar-refractivity contribution in [3.05, 3.63) is 22.4 Å². The van der Waals surface area contributed by atoms with Crippen molar-refractivity contribution in [2.75, 3.05) is 0 Å². The first kappa shape index (κ1) is 10.8. The summed E-state index contributed by atoms with van der Waals surface area (Å²) in [5, 5.41) is 4.21. The molecule has 3 heteroatoms. The summed E-state index contributed by atoms with van der Waals surface area (Å²) in [6.07, 6.45) is 4.65. The van der Waals surface area contributed by atoms with Crippen molar-refractivity contribution in [3.63, 3.8) is 0 Å². The fourth-order valence-electron chi connectivity index (χ4n) is 2.29. The van der Waals surface area contributed by atoms with Crippen LogP contribution in [0.25, 0.3) is 0 Å². The largest absolute Gasteiger partial charge is 0.360 e. The van der Waals surface area contributed by atoms with Gasteiger partial charge in [-0.15, -0.1) is 0 Å². The van der Waals surface area contributed by atoms with E-state index in [0.29, 0.717) is 0 Å². The first-order valence-corrected chi connectivity index (χ1v) is 6.41. The summed E-state index contributed by atoms with van der Waals surface area (Å²) in [4.78, 5) is 10.8. The molecule has 1 saturated heterocycles. The number of rotatable bonds is 3. The van der Waals surface area contributed by atoms with Crippen LogP contribution in [0.15, 0.2) is 16.8 Å². The summed E-state index contributed by atoms with van der Waals surface area (Å²) in [6, 6.07) is 2.11. The van der Waals surface area contributed by atoms with E-state index < -0.39 is 0 Å². The second-order valence-corrected chi connectivity index (χ2v) is 4.82. The van der Waals surface area contributed by atoms with Gasteiger partial charge in [-0.3, -0.25) is 0 Å². The molecule has 0 bridgehead atoms. The van der Waals surface area contributed by atoms with Gasteiger partial charge in [0.1, 0.15) is 12.4 Å². The van der Waals surface area contributed by atoms with E-state index in [-0.39, 0.29) is 11.7 Å². The Morgan fingerprint density at radius 3 is 3.20 bits per heavy atom. The molecule has 1 fully saturated rings. The average Bonchev–Trinajstić information content (AvgIpc) is 2.83. The van der Waals surface area contributed by atoms with Gasteiger partial charge in [0.05, 0.1) is 5.60 Å². The fraction of sp³-hybridized carbons (Fsp3) is 0.583. The second-order valence-electron chi connectivity index (χ2n) is 4.04. The van der Waals surface area contributed by atoms with Crippen LogP contribution >= 0.6 is 11.3 Å². The molecule has 1 aliphatic rings. The lowest BCUT2D eigenvalue weighted by Gasteiger charge is -2.39.